The Labute approximate surface area is 153 Å². The maximum Gasteiger partial charge on any atom is 0.224 e. The van der Waals surface area contributed by atoms with Gasteiger partial charge in [0, 0.05) is 19.6 Å². The molecule has 2 heterocycles. The van der Waals surface area contributed by atoms with Gasteiger partial charge in [0.15, 0.2) is 5.82 Å². The van der Waals surface area contributed by atoms with Crippen LogP contribution in [0.3, 0.4) is 0 Å². The molecule has 0 spiro atoms. The maximum absolute atomic E-state index is 12.2. The molecule has 1 atom stereocenters. The van der Waals surface area contributed by atoms with Crippen LogP contribution in [0.15, 0.2) is 30.3 Å². The summed E-state index contributed by atoms with van der Waals surface area (Å²) in [6.07, 6.45) is 1.91. The van der Waals surface area contributed by atoms with Crippen LogP contribution in [0.2, 0.25) is 0 Å². The number of aromatic nitrogens is 4. The summed E-state index contributed by atoms with van der Waals surface area (Å²) in [6.45, 7) is 3.29. The highest BCUT2D eigenvalue weighted by atomic mass is 35.5. The number of likely N-dealkylation sites (tertiary alicyclic amines) is 1. The molecule has 1 aliphatic rings. The van der Waals surface area contributed by atoms with Gasteiger partial charge in [0.2, 0.25) is 5.91 Å². The molecule has 1 aliphatic heterocycles. The van der Waals surface area contributed by atoms with E-state index < -0.39 is 0 Å². The molecule has 136 valence electrons. The summed E-state index contributed by atoms with van der Waals surface area (Å²) in [5, 5.41) is 14.9. The van der Waals surface area contributed by atoms with Crippen molar-refractivity contribution >= 4 is 18.3 Å². The van der Waals surface area contributed by atoms with Crippen molar-refractivity contribution in [2.24, 2.45) is 11.7 Å². The van der Waals surface area contributed by atoms with Gasteiger partial charge in [-0.15, -0.1) is 17.5 Å². The van der Waals surface area contributed by atoms with E-state index in [4.69, 9.17) is 5.73 Å². The largest absolute Gasteiger partial charge is 0.355 e. The van der Waals surface area contributed by atoms with Crippen LogP contribution < -0.4 is 11.1 Å². The quantitative estimate of drug-likeness (QED) is 0.766. The van der Waals surface area contributed by atoms with E-state index in [0.717, 1.165) is 37.4 Å². The summed E-state index contributed by atoms with van der Waals surface area (Å²) in [5.41, 5.74) is 6.38. The minimum absolute atomic E-state index is 0. The molecule has 0 aliphatic carbocycles. The minimum atomic E-state index is 0. The zero-order valence-corrected chi connectivity index (χ0v) is 14.9. The summed E-state index contributed by atoms with van der Waals surface area (Å²) in [5.74, 6) is 0.878. The molecule has 3 N–H and O–H groups in total. The SMILES string of the molecule is Cl.NCCNC(=O)C1CCCN(Cc2nnnn2-c2ccccc2)C1. The van der Waals surface area contributed by atoms with Gasteiger partial charge in [0.1, 0.15) is 0 Å². The summed E-state index contributed by atoms with van der Waals surface area (Å²) < 4.78 is 1.75. The number of para-hydroxylation sites is 1. The molecule has 1 aromatic carbocycles. The van der Waals surface area contributed by atoms with Gasteiger partial charge in [-0.2, -0.15) is 4.68 Å². The topological polar surface area (TPSA) is 102 Å². The molecule has 0 radical (unpaired) electrons. The van der Waals surface area contributed by atoms with Crippen molar-refractivity contribution in [3.8, 4) is 5.69 Å². The average Bonchev–Trinajstić information content (AvgIpc) is 3.08. The van der Waals surface area contributed by atoms with Gasteiger partial charge >= 0.3 is 0 Å². The van der Waals surface area contributed by atoms with Crippen molar-refractivity contribution in [2.45, 2.75) is 19.4 Å². The number of nitrogens with two attached hydrogens (primary N) is 1. The van der Waals surface area contributed by atoms with E-state index in [-0.39, 0.29) is 24.2 Å². The number of nitrogens with one attached hydrogen (secondary N) is 1. The predicted octanol–water partition coefficient (Wildman–Crippen LogP) is 0.371. The Morgan fingerprint density at radius 1 is 1.32 bits per heavy atom. The molecular formula is C16H24ClN7O. The maximum atomic E-state index is 12.2. The second kappa shape index (κ2) is 9.45. The number of hydrogen-bond acceptors (Lipinski definition) is 6. The molecule has 0 saturated carbocycles. The Kier molecular flexibility index (Phi) is 7.30. The first-order valence-corrected chi connectivity index (χ1v) is 8.30. The normalized spacial score (nSPS) is 17.7. The summed E-state index contributed by atoms with van der Waals surface area (Å²) in [7, 11) is 0. The number of piperidine rings is 1. The van der Waals surface area contributed by atoms with Gasteiger partial charge in [-0.1, -0.05) is 18.2 Å². The summed E-state index contributed by atoms with van der Waals surface area (Å²) >= 11 is 0. The molecule has 1 unspecified atom stereocenters. The van der Waals surface area contributed by atoms with Crippen molar-refractivity contribution in [2.75, 3.05) is 26.2 Å². The summed E-state index contributed by atoms with van der Waals surface area (Å²) in [6, 6.07) is 9.82. The Morgan fingerprint density at radius 2 is 2.12 bits per heavy atom. The first-order valence-electron chi connectivity index (χ1n) is 8.30. The van der Waals surface area contributed by atoms with Crippen LogP contribution >= 0.6 is 12.4 Å². The fraction of sp³-hybridized carbons (Fsp3) is 0.500. The standard InChI is InChI=1S/C16H23N7O.ClH/c17-8-9-18-16(24)13-5-4-10-22(11-13)12-15-19-20-21-23(15)14-6-2-1-3-7-14;/h1-3,6-7,13H,4-5,8-12,17H2,(H,18,24);1H. The van der Waals surface area contributed by atoms with Crippen LogP contribution in [0.25, 0.3) is 5.69 Å². The number of hydrogen-bond donors (Lipinski definition) is 2. The van der Waals surface area contributed by atoms with E-state index in [1.54, 1.807) is 4.68 Å². The van der Waals surface area contributed by atoms with Crippen LogP contribution in [-0.2, 0) is 11.3 Å². The second-order valence-electron chi connectivity index (χ2n) is 6.00. The Hall–Kier alpha value is -2.03. The number of tetrazole rings is 1. The van der Waals surface area contributed by atoms with E-state index in [9.17, 15) is 4.79 Å². The molecule has 1 aromatic heterocycles. The molecule has 1 saturated heterocycles. The molecule has 1 amide bonds. The average molecular weight is 366 g/mol. The highest BCUT2D eigenvalue weighted by Gasteiger charge is 2.26. The van der Waals surface area contributed by atoms with Gasteiger partial charge < -0.3 is 11.1 Å². The highest BCUT2D eigenvalue weighted by molar-refractivity contribution is 5.85. The van der Waals surface area contributed by atoms with E-state index in [0.29, 0.717) is 19.6 Å². The van der Waals surface area contributed by atoms with E-state index in [1.165, 1.54) is 0 Å². The molecule has 2 aromatic rings. The van der Waals surface area contributed by atoms with Crippen molar-refractivity contribution < 1.29 is 4.79 Å². The first kappa shape index (κ1) is 19.3. The van der Waals surface area contributed by atoms with Crippen LogP contribution in [0.4, 0.5) is 0 Å². The van der Waals surface area contributed by atoms with Crippen molar-refractivity contribution in [1.29, 1.82) is 0 Å². The second-order valence-corrected chi connectivity index (χ2v) is 6.00. The predicted molar refractivity (Wildman–Crippen MR) is 96.5 cm³/mol. The van der Waals surface area contributed by atoms with E-state index in [2.05, 4.69) is 25.7 Å². The van der Waals surface area contributed by atoms with Crippen LogP contribution in [-0.4, -0.2) is 57.2 Å². The van der Waals surface area contributed by atoms with Crippen molar-refractivity contribution in [3.05, 3.63) is 36.2 Å². The zero-order valence-electron chi connectivity index (χ0n) is 14.0. The van der Waals surface area contributed by atoms with E-state index >= 15 is 0 Å². The highest BCUT2D eigenvalue weighted by Crippen LogP contribution is 2.19. The Balaban J connectivity index is 0.00000225. The molecule has 3 rings (SSSR count). The third kappa shape index (κ3) is 4.97. The lowest BCUT2D eigenvalue weighted by Gasteiger charge is -2.31. The molecular weight excluding hydrogens is 342 g/mol. The number of nitrogens with zero attached hydrogens (tertiary/aromatic N) is 5. The van der Waals surface area contributed by atoms with E-state index in [1.807, 2.05) is 30.3 Å². The fourth-order valence-electron chi connectivity index (χ4n) is 3.03. The monoisotopic (exact) mass is 365 g/mol. The molecule has 25 heavy (non-hydrogen) atoms. The lowest BCUT2D eigenvalue weighted by molar-refractivity contribution is -0.126. The van der Waals surface area contributed by atoms with Gasteiger partial charge in [-0.25, -0.2) is 0 Å². The van der Waals surface area contributed by atoms with Crippen LogP contribution in [0, 0.1) is 5.92 Å². The summed E-state index contributed by atoms with van der Waals surface area (Å²) in [4.78, 5) is 14.4. The number of carbonyl (C=O) groups is 1. The van der Waals surface area contributed by atoms with Gasteiger partial charge in [-0.05, 0) is 41.9 Å². The van der Waals surface area contributed by atoms with Gasteiger partial charge in [0.25, 0.3) is 0 Å². The minimum Gasteiger partial charge on any atom is -0.355 e. The lowest BCUT2D eigenvalue weighted by atomic mass is 9.97. The number of carbonyl (C=O) groups excluding carboxylic acids is 1. The van der Waals surface area contributed by atoms with Gasteiger partial charge in [-0.3, -0.25) is 9.69 Å². The zero-order chi connectivity index (χ0) is 16.8. The first-order chi connectivity index (χ1) is 11.8. The Bertz CT molecular complexity index is 664. The van der Waals surface area contributed by atoms with Gasteiger partial charge in [0.05, 0.1) is 18.2 Å². The van der Waals surface area contributed by atoms with Crippen LogP contribution in [0.5, 0.6) is 0 Å². The Morgan fingerprint density at radius 3 is 2.88 bits per heavy atom. The fourth-order valence-corrected chi connectivity index (χ4v) is 3.03. The number of halogens is 1. The molecule has 8 nitrogen and oxygen atoms in total. The number of benzene rings is 1. The number of amides is 1. The third-order valence-corrected chi connectivity index (χ3v) is 4.22. The number of rotatable bonds is 6. The third-order valence-electron chi connectivity index (χ3n) is 4.22. The molecule has 9 heteroatoms. The molecule has 1 fully saturated rings. The lowest BCUT2D eigenvalue weighted by Crippen LogP contribution is -2.44. The smallest absolute Gasteiger partial charge is 0.224 e. The van der Waals surface area contributed by atoms with Crippen molar-refractivity contribution in [3.63, 3.8) is 0 Å². The van der Waals surface area contributed by atoms with Crippen LogP contribution in [0.1, 0.15) is 18.7 Å². The molecule has 0 bridgehead atoms. The van der Waals surface area contributed by atoms with Crippen molar-refractivity contribution in [1.82, 2.24) is 30.4 Å².